The number of anilines is 1. The Morgan fingerprint density at radius 2 is 1.88 bits per heavy atom. The van der Waals surface area contributed by atoms with Gasteiger partial charge in [-0.2, -0.15) is 0 Å². The first-order chi connectivity index (χ1) is 11.5. The quantitative estimate of drug-likeness (QED) is 0.683. The summed E-state index contributed by atoms with van der Waals surface area (Å²) in [4.78, 5) is 34.8. The van der Waals surface area contributed by atoms with Crippen molar-refractivity contribution in [2.45, 2.75) is 6.92 Å². The molecule has 0 aliphatic heterocycles. The molecule has 4 N–H and O–H groups in total. The Bertz CT molecular complexity index is 899. The van der Waals surface area contributed by atoms with Gasteiger partial charge in [0.25, 0.3) is 5.91 Å². The second kappa shape index (κ2) is 6.33. The van der Waals surface area contributed by atoms with Gasteiger partial charge in [0.2, 0.25) is 5.91 Å². The van der Waals surface area contributed by atoms with Crippen molar-refractivity contribution in [1.82, 2.24) is 15.0 Å². The number of para-hydroxylation sites is 1. The van der Waals surface area contributed by atoms with Crippen molar-refractivity contribution in [2.75, 3.05) is 5.32 Å². The van der Waals surface area contributed by atoms with Gasteiger partial charge in [-0.25, -0.2) is 4.98 Å². The van der Waals surface area contributed by atoms with Crippen LogP contribution in [0.2, 0.25) is 0 Å². The molecule has 2 amide bonds. The van der Waals surface area contributed by atoms with Gasteiger partial charge in [-0.15, -0.1) is 0 Å². The smallest absolute Gasteiger partial charge is 0.274 e. The first-order valence-electron chi connectivity index (χ1n) is 7.23. The number of primary amides is 1. The number of benzene rings is 1. The van der Waals surface area contributed by atoms with E-state index in [9.17, 15) is 9.59 Å². The monoisotopic (exact) mass is 321 g/mol. The van der Waals surface area contributed by atoms with Gasteiger partial charge in [0, 0.05) is 23.7 Å². The first-order valence-corrected chi connectivity index (χ1v) is 7.23. The van der Waals surface area contributed by atoms with Gasteiger partial charge in [-0.05, 0) is 31.2 Å². The fraction of sp³-hybridized carbons (Fsp3) is 0.0588. The van der Waals surface area contributed by atoms with Crippen LogP contribution in [0.1, 0.15) is 26.5 Å². The lowest BCUT2D eigenvalue weighted by Crippen LogP contribution is -2.16. The fourth-order valence-corrected chi connectivity index (χ4v) is 2.21. The number of rotatable bonds is 4. The van der Waals surface area contributed by atoms with Gasteiger partial charge in [-0.3, -0.25) is 14.6 Å². The standard InChI is InChI=1S/C17H15N5O2/c1-10-8-20-16(21-10)12-4-2-3-5-13(12)22-17(24)14-7-6-11(9-19-14)15(18)23/h2-9H,1H3,(H2,18,23)(H,20,21)(H,22,24). The molecule has 0 bridgehead atoms. The third-order valence-electron chi connectivity index (χ3n) is 3.41. The van der Waals surface area contributed by atoms with Crippen molar-refractivity contribution in [1.29, 1.82) is 0 Å². The molecule has 0 aliphatic carbocycles. The molecule has 24 heavy (non-hydrogen) atoms. The predicted molar refractivity (Wildman–Crippen MR) is 89.5 cm³/mol. The average molecular weight is 321 g/mol. The number of carbonyl (C=O) groups excluding carboxylic acids is 2. The van der Waals surface area contributed by atoms with Crippen LogP contribution >= 0.6 is 0 Å². The molecule has 0 aliphatic rings. The Hall–Kier alpha value is -3.48. The maximum Gasteiger partial charge on any atom is 0.274 e. The van der Waals surface area contributed by atoms with Crippen LogP contribution in [0, 0.1) is 6.92 Å². The van der Waals surface area contributed by atoms with Crippen molar-refractivity contribution in [3.05, 3.63) is 65.7 Å². The van der Waals surface area contributed by atoms with Crippen molar-refractivity contribution in [2.24, 2.45) is 5.73 Å². The summed E-state index contributed by atoms with van der Waals surface area (Å²) in [7, 11) is 0. The molecule has 2 heterocycles. The lowest BCUT2D eigenvalue weighted by Gasteiger charge is -2.09. The van der Waals surface area contributed by atoms with E-state index in [0.29, 0.717) is 11.5 Å². The number of pyridine rings is 1. The highest BCUT2D eigenvalue weighted by atomic mass is 16.2. The average Bonchev–Trinajstić information content (AvgIpc) is 3.01. The van der Waals surface area contributed by atoms with Crippen molar-refractivity contribution < 1.29 is 9.59 Å². The molecule has 120 valence electrons. The Kier molecular flexibility index (Phi) is 4.07. The number of imidazole rings is 1. The number of H-pyrrole nitrogens is 1. The summed E-state index contributed by atoms with van der Waals surface area (Å²) in [6.07, 6.45) is 3.00. The lowest BCUT2D eigenvalue weighted by atomic mass is 10.1. The van der Waals surface area contributed by atoms with Crippen molar-refractivity contribution in [3.63, 3.8) is 0 Å². The van der Waals surface area contributed by atoms with Gasteiger partial charge in [-0.1, -0.05) is 12.1 Å². The van der Waals surface area contributed by atoms with Gasteiger partial charge in [0.15, 0.2) is 0 Å². The summed E-state index contributed by atoms with van der Waals surface area (Å²) >= 11 is 0. The second-order valence-electron chi connectivity index (χ2n) is 5.21. The number of hydrogen-bond donors (Lipinski definition) is 3. The van der Waals surface area contributed by atoms with E-state index in [1.54, 1.807) is 12.3 Å². The predicted octanol–water partition coefficient (Wildman–Crippen LogP) is 2.13. The molecule has 0 radical (unpaired) electrons. The fourth-order valence-electron chi connectivity index (χ4n) is 2.21. The third-order valence-corrected chi connectivity index (χ3v) is 3.41. The first kappa shape index (κ1) is 15.4. The van der Waals surface area contributed by atoms with Crippen LogP contribution in [0.3, 0.4) is 0 Å². The van der Waals surface area contributed by atoms with Crippen LogP contribution in [0.15, 0.2) is 48.8 Å². The number of nitrogens with one attached hydrogen (secondary N) is 2. The minimum absolute atomic E-state index is 0.186. The van der Waals surface area contributed by atoms with E-state index in [1.807, 2.05) is 25.1 Å². The van der Waals surface area contributed by atoms with Crippen LogP contribution in [0.25, 0.3) is 11.4 Å². The minimum Gasteiger partial charge on any atom is -0.366 e. The molecule has 7 heteroatoms. The molecule has 2 aromatic heterocycles. The summed E-state index contributed by atoms with van der Waals surface area (Å²) in [5.41, 5.74) is 7.90. The van der Waals surface area contributed by atoms with E-state index in [4.69, 9.17) is 5.73 Å². The molecule has 7 nitrogen and oxygen atoms in total. The third kappa shape index (κ3) is 3.14. The maximum atomic E-state index is 12.4. The number of nitrogens with two attached hydrogens (primary N) is 1. The summed E-state index contributed by atoms with van der Waals surface area (Å²) < 4.78 is 0. The van der Waals surface area contributed by atoms with Crippen molar-refractivity contribution in [3.8, 4) is 11.4 Å². The van der Waals surface area contributed by atoms with E-state index in [0.717, 1.165) is 11.3 Å². The Morgan fingerprint density at radius 3 is 2.50 bits per heavy atom. The Morgan fingerprint density at radius 1 is 1.08 bits per heavy atom. The Labute approximate surface area is 138 Å². The van der Waals surface area contributed by atoms with E-state index in [-0.39, 0.29) is 17.2 Å². The maximum absolute atomic E-state index is 12.4. The van der Waals surface area contributed by atoms with Crippen LogP contribution < -0.4 is 11.1 Å². The summed E-state index contributed by atoms with van der Waals surface area (Å²) in [5.74, 6) is -0.310. The number of carbonyl (C=O) groups is 2. The SMILES string of the molecule is Cc1cnc(-c2ccccc2NC(=O)c2ccc(C(N)=O)cn2)[nH]1. The summed E-state index contributed by atoms with van der Waals surface area (Å²) in [6.45, 7) is 1.90. The number of hydrogen-bond acceptors (Lipinski definition) is 4. The molecule has 3 aromatic rings. The highest BCUT2D eigenvalue weighted by Gasteiger charge is 2.13. The zero-order valence-electron chi connectivity index (χ0n) is 12.9. The van der Waals surface area contributed by atoms with Crippen LogP contribution in [0.4, 0.5) is 5.69 Å². The highest BCUT2D eigenvalue weighted by Crippen LogP contribution is 2.25. The van der Waals surface area contributed by atoms with E-state index in [1.165, 1.54) is 18.3 Å². The molecule has 1 aromatic carbocycles. The molecule has 0 saturated carbocycles. The number of nitrogens with zero attached hydrogens (tertiary/aromatic N) is 2. The van der Waals surface area contributed by atoms with Crippen molar-refractivity contribution >= 4 is 17.5 Å². The second-order valence-corrected chi connectivity index (χ2v) is 5.21. The lowest BCUT2D eigenvalue weighted by molar-refractivity contribution is 0.0993. The molecule has 0 unspecified atom stereocenters. The largest absolute Gasteiger partial charge is 0.366 e. The van der Waals surface area contributed by atoms with E-state index >= 15 is 0 Å². The molecule has 0 atom stereocenters. The van der Waals surface area contributed by atoms with E-state index < -0.39 is 5.91 Å². The van der Waals surface area contributed by atoms with E-state index in [2.05, 4.69) is 20.3 Å². The Balaban J connectivity index is 1.86. The zero-order chi connectivity index (χ0) is 17.1. The number of aromatic amines is 1. The summed E-state index contributed by atoms with van der Waals surface area (Å²) in [5, 5.41) is 2.81. The molecule has 3 rings (SSSR count). The normalized spacial score (nSPS) is 10.4. The van der Waals surface area contributed by atoms with Crippen LogP contribution in [0.5, 0.6) is 0 Å². The highest BCUT2D eigenvalue weighted by molar-refractivity contribution is 6.05. The molecule has 0 fully saturated rings. The summed E-state index contributed by atoms with van der Waals surface area (Å²) in [6, 6.07) is 10.2. The topological polar surface area (TPSA) is 114 Å². The zero-order valence-corrected chi connectivity index (χ0v) is 12.9. The molecule has 0 spiro atoms. The molecule has 0 saturated heterocycles. The van der Waals surface area contributed by atoms with Crippen LogP contribution in [-0.4, -0.2) is 26.8 Å². The number of aromatic nitrogens is 3. The minimum atomic E-state index is -0.590. The van der Waals surface area contributed by atoms with Crippen LogP contribution in [-0.2, 0) is 0 Å². The van der Waals surface area contributed by atoms with Gasteiger partial charge < -0.3 is 16.0 Å². The number of amides is 2. The van der Waals surface area contributed by atoms with Gasteiger partial charge >= 0.3 is 0 Å². The molecular weight excluding hydrogens is 306 g/mol. The van der Waals surface area contributed by atoms with Gasteiger partial charge in [0.05, 0.1) is 11.3 Å². The van der Waals surface area contributed by atoms with Gasteiger partial charge in [0.1, 0.15) is 11.5 Å². The number of aryl methyl sites for hydroxylation is 1. The molecular formula is C17H15N5O2.